The van der Waals surface area contributed by atoms with Crippen LogP contribution in [-0.4, -0.2) is 48.2 Å². The maximum Gasteiger partial charge on any atom is 0.404 e. The highest BCUT2D eigenvalue weighted by Crippen LogP contribution is 2.23. The van der Waals surface area contributed by atoms with Gasteiger partial charge < -0.3 is 26.0 Å². The molecule has 3 aromatic heterocycles. The molecule has 0 spiro atoms. The number of nitrogens with zero attached hydrogens (tertiary/aromatic N) is 5. The van der Waals surface area contributed by atoms with Gasteiger partial charge in [-0.25, -0.2) is 19.7 Å². The van der Waals surface area contributed by atoms with Crippen molar-refractivity contribution in [1.29, 1.82) is 0 Å². The SMILES string of the molecule is Cc1nccn1-c1ccncc1NC(=O)c1nc(-c2ccc(CCNC(=O)O)cc2)cnc1N. The molecule has 172 valence electrons. The largest absolute Gasteiger partial charge is 0.465 e. The van der Waals surface area contributed by atoms with Crippen molar-refractivity contribution in [1.82, 2.24) is 29.8 Å². The van der Waals surface area contributed by atoms with E-state index in [1.165, 1.54) is 12.4 Å². The lowest BCUT2D eigenvalue weighted by atomic mass is 10.1. The van der Waals surface area contributed by atoms with Gasteiger partial charge in [0.15, 0.2) is 11.5 Å². The number of amides is 2. The number of carbonyl (C=O) groups is 2. The Hall–Kier alpha value is -4.80. The summed E-state index contributed by atoms with van der Waals surface area (Å²) in [7, 11) is 0. The fraction of sp³-hybridized carbons (Fsp3) is 0.130. The topological polar surface area (TPSA) is 161 Å². The third-order valence-electron chi connectivity index (χ3n) is 5.09. The number of benzene rings is 1. The van der Waals surface area contributed by atoms with Crippen molar-refractivity contribution in [2.45, 2.75) is 13.3 Å². The van der Waals surface area contributed by atoms with Crippen molar-refractivity contribution in [3.63, 3.8) is 0 Å². The average molecular weight is 458 g/mol. The molecule has 1 aromatic carbocycles. The summed E-state index contributed by atoms with van der Waals surface area (Å²) in [6.07, 6.45) is 7.62. The van der Waals surface area contributed by atoms with Gasteiger partial charge in [0.05, 0.1) is 29.5 Å². The van der Waals surface area contributed by atoms with Gasteiger partial charge in [0.1, 0.15) is 5.82 Å². The normalized spacial score (nSPS) is 10.6. The maximum absolute atomic E-state index is 13.1. The zero-order chi connectivity index (χ0) is 24.1. The van der Waals surface area contributed by atoms with Crippen molar-refractivity contribution in [2.75, 3.05) is 17.6 Å². The Bertz CT molecular complexity index is 1330. The first-order valence-electron chi connectivity index (χ1n) is 10.4. The second-order valence-electron chi connectivity index (χ2n) is 7.36. The Morgan fingerprint density at radius 3 is 2.59 bits per heavy atom. The first-order chi connectivity index (χ1) is 16.4. The molecule has 0 fully saturated rings. The number of carbonyl (C=O) groups excluding carboxylic acids is 1. The van der Waals surface area contributed by atoms with E-state index in [9.17, 15) is 9.59 Å². The van der Waals surface area contributed by atoms with Gasteiger partial charge in [-0.1, -0.05) is 24.3 Å². The number of pyridine rings is 1. The van der Waals surface area contributed by atoms with E-state index >= 15 is 0 Å². The Morgan fingerprint density at radius 1 is 1.09 bits per heavy atom. The third-order valence-corrected chi connectivity index (χ3v) is 5.09. The fourth-order valence-corrected chi connectivity index (χ4v) is 3.37. The van der Waals surface area contributed by atoms with Crippen LogP contribution in [0.1, 0.15) is 21.9 Å². The third kappa shape index (κ3) is 4.99. The van der Waals surface area contributed by atoms with Crippen LogP contribution in [0.5, 0.6) is 0 Å². The molecule has 3 heterocycles. The molecule has 2 amide bonds. The molecular formula is C23H22N8O3. The number of hydrogen-bond donors (Lipinski definition) is 4. The van der Waals surface area contributed by atoms with Crippen molar-refractivity contribution in [3.8, 4) is 16.9 Å². The second kappa shape index (κ2) is 9.77. The zero-order valence-corrected chi connectivity index (χ0v) is 18.3. The molecule has 11 nitrogen and oxygen atoms in total. The molecular weight excluding hydrogens is 436 g/mol. The summed E-state index contributed by atoms with van der Waals surface area (Å²) in [5.41, 5.74) is 9.30. The quantitative estimate of drug-likeness (QED) is 0.329. The maximum atomic E-state index is 13.1. The lowest BCUT2D eigenvalue weighted by Gasteiger charge is -2.13. The molecule has 0 aliphatic heterocycles. The highest BCUT2D eigenvalue weighted by atomic mass is 16.4. The smallest absolute Gasteiger partial charge is 0.404 e. The lowest BCUT2D eigenvalue weighted by Crippen LogP contribution is -2.23. The molecule has 0 atom stereocenters. The van der Waals surface area contributed by atoms with E-state index in [0.717, 1.165) is 17.0 Å². The Kier molecular flexibility index (Phi) is 6.44. The Morgan fingerprint density at radius 2 is 1.88 bits per heavy atom. The minimum absolute atomic E-state index is 0.00173. The average Bonchev–Trinajstić information content (AvgIpc) is 3.25. The zero-order valence-electron chi connectivity index (χ0n) is 18.3. The summed E-state index contributed by atoms with van der Waals surface area (Å²) in [4.78, 5) is 40.5. The number of rotatable bonds is 7. The standard InChI is InChI=1S/C23H22N8O3/c1-14-26-10-11-31(14)19-7-8-25-12-18(19)30-22(32)20-21(24)28-13-17(29-20)16-4-2-15(3-5-16)6-9-27-23(33)34/h2-5,7-8,10-13,27H,6,9H2,1H3,(H2,24,28)(H,30,32)(H,33,34). The lowest BCUT2D eigenvalue weighted by molar-refractivity contribution is 0.102. The number of nitrogens with two attached hydrogens (primary N) is 1. The van der Waals surface area contributed by atoms with Crippen molar-refractivity contribution >= 4 is 23.5 Å². The van der Waals surface area contributed by atoms with Crippen molar-refractivity contribution in [3.05, 3.63) is 78.4 Å². The van der Waals surface area contributed by atoms with Crippen LogP contribution in [0.3, 0.4) is 0 Å². The van der Waals surface area contributed by atoms with Crippen LogP contribution in [0.15, 0.2) is 61.3 Å². The summed E-state index contributed by atoms with van der Waals surface area (Å²) >= 11 is 0. The number of imidazole rings is 1. The summed E-state index contributed by atoms with van der Waals surface area (Å²) in [6, 6.07) is 9.17. The van der Waals surface area contributed by atoms with Crippen LogP contribution >= 0.6 is 0 Å². The molecule has 4 rings (SSSR count). The molecule has 11 heteroatoms. The summed E-state index contributed by atoms with van der Waals surface area (Å²) in [5, 5.41) is 13.8. The van der Waals surface area contributed by atoms with Crippen LogP contribution in [0.4, 0.5) is 16.3 Å². The summed E-state index contributed by atoms with van der Waals surface area (Å²) in [6.45, 7) is 2.17. The summed E-state index contributed by atoms with van der Waals surface area (Å²) in [5.74, 6) is 0.238. The number of hydrogen-bond acceptors (Lipinski definition) is 7. The second-order valence-corrected chi connectivity index (χ2v) is 7.36. The molecule has 4 aromatic rings. The molecule has 5 N–H and O–H groups in total. The molecule has 0 aliphatic rings. The van der Waals surface area contributed by atoms with Gasteiger partial charge >= 0.3 is 6.09 Å². The Balaban J connectivity index is 1.55. The van der Waals surface area contributed by atoms with Crippen LogP contribution in [-0.2, 0) is 6.42 Å². The minimum atomic E-state index is -1.06. The van der Waals surface area contributed by atoms with Crippen LogP contribution in [0.25, 0.3) is 16.9 Å². The van der Waals surface area contributed by atoms with Crippen LogP contribution < -0.4 is 16.4 Å². The van der Waals surface area contributed by atoms with E-state index in [0.29, 0.717) is 30.0 Å². The molecule has 0 saturated heterocycles. The molecule has 0 aliphatic carbocycles. The Labute approximate surface area is 194 Å². The minimum Gasteiger partial charge on any atom is -0.465 e. The van der Waals surface area contributed by atoms with Gasteiger partial charge in [-0.2, -0.15) is 0 Å². The number of nitrogen functional groups attached to an aromatic ring is 1. The van der Waals surface area contributed by atoms with E-state index < -0.39 is 12.0 Å². The van der Waals surface area contributed by atoms with E-state index in [1.54, 1.807) is 24.7 Å². The van der Waals surface area contributed by atoms with Gasteiger partial charge in [0.2, 0.25) is 0 Å². The van der Waals surface area contributed by atoms with E-state index in [1.807, 2.05) is 35.8 Å². The number of carboxylic acid groups (broad SMARTS) is 1. The highest BCUT2D eigenvalue weighted by molar-refractivity contribution is 6.06. The highest BCUT2D eigenvalue weighted by Gasteiger charge is 2.17. The first-order valence-corrected chi connectivity index (χ1v) is 10.4. The van der Waals surface area contributed by atoms with E-state index in [2.05, 4.69) is 30.6 Å². The molecule has 34 heavy (non-hydrogen) atoms. The molecule has 0 saturated carbocycles. The van der Waals surface area contributed by atoms with Gasteiger partial charge in [0, 0.05) is 30.7 Å². The van der Waals surface area contributed by atoms with Crippen molar-refractivity contribution < 1.29 is 14.7 Å². The monoisotopic (exact) mass is 458 g/mol. The predicted molar refractivity (Wildman–Crippen MR) is 126 cm³/mol. The number of aryl methyl sites for hydroxylation is 1. The number of aromatic nitrogens is 5. The molecule has 0 unspecified atom stereocenters. The number of anilines is 2. The fourth-order valence-electron chi connectivity index (χ4n) is 3.37. The number of nitrogens with one attached hydrogen (secondary N) is 2. The van der Waals surface area contributed by atoms with E-state index in [-0.39, 0.29) is 11.5 Å². The van der Waals surface area contributed by atoms with Crippen LogP contribution in [0, 0.1) is 6.92 Å². The van der Waals surface area contributed by atoms with Gasteiger partial charge in [0.25, 0.3) is 5.91 Å². The summed E-state index contributed by atoms with van der Waals surface area (Å²) < 4.78 is 1.83. The van der Waals surface area contributed by atoms with Gasteiger partial charge in [-0.3, -0.25) is 9.78 Å². The molecule has 0 radical (unpaired) electrons. The molecule has 0 bridgehead atoms. The van der Waals surface area contributed by atoms with Gasteiger partial charge in [-0.05, 0) is 25.0 Å². The van der Waals surface area contributed by atoms with Gasteiger partial charge in [-0.15, -0.1) is 0 Å². The van der Waals surface area contributed by atoms with E-state index in [4.69, 9.17) is 10.8 Å². The van der Waals surface area contributed by atoms with Crippen LogP contribution in [0.2, 0.25) is 0 Å². The van der Waals surface area contributed by atoms with Crippen molar-refractivity contribution in [2.24, 2.45) is 0 Å². The predicted octanol–water partition coefficient (Wildman–Crippen LogP) is 2.68. The first kappa shape index (κ1) is 22.4.